The second-order valence-electron chi connectivity index (χ2n) is 10.8. The minimum Gasteiger partial charge on any atom is -0.481 e. The van der Waals surface area contributed by atoms with E-state index in [2.05, 4.69) is 62.3 Å². The molecule has 2 fully saturated rings. The first-order valence-corrected chi connectivity index (χ1v) is 13.4. The molecular formula is C30H34N6O2. The predicted molar refractivity (Wildman–Crippen MR) is 146 cm³/mol. The SMILES string of the molecule is COc1ccc(C)c(C(=O)N2C3CCC2CN(Cc2c(-c4ccc(C(C)C)cc4)nc4ncccn24)C3)n1. The molecule has 3 aromatic heterocycles. The van der Waals surface area contributed by atoms with Gasteiger partial charge in [-0.2, -0.15) is 0 Å². The van der Waals surface area contributed by atoms with E-state index in [1.165, 1.54) is 5.56 Å². The number of hydrogen-bond donors (Lipinski definition) is 0. The molecule has 196 valence electrons. The van der Waals surface area contributed by atoms with Crippen LogP contribution in [-0.4, -0.2) is 67.3 Å². The number of benzene rings is 1. The van der Waals surface area contributed by atoms with Gasteiger partial charge in [-0.1, -0.05) is 44.2 Å². The second kappa shape index (κ2) is 9.83. The topological polar surface area (TPSA) is 75.9 Å². The lowest BCUT2D eigenvalue weighted by molar-refractivity contribution is 0.0395. The number of imidazole rings is 1. The van der Waals surface area contributed by atoms with Crippen LogP contribution in [0, 0.1) is 6.92 Å². The van der Waals surface area contributed by atoms with Crippen molar-refractivity contribution in [2.24, 2.45) is 0 Å². The maximum Gasteiger partial charge on any atom is 0.273 e. The average Bonchev–Trinajstić information content (AvgIpc) is 3.42. The van der Waals surface area contributed by atoms with E-state index in [4.69, 9.17) is 9.72 Å². The Kier molecular flexibility index (Phi) is 6.35. The van der Waals surface area contributed by atoms with E-state index in [0.29, 0.717) is 23.3 Å². The van der Waals surface area contributed by atoms with Gasteiger partial charge in [0.15, 0.2) is 0 Å². The van der Waals surface area contributed by atoms with Gasteiger partial charge in [0.25, 0.3) is 5.91 Å². The molecule has 2 atom stereocenters. The zero-order valence-corrected chi connectivity index (χ0v) is 22.5. The van der Waals surface area contributed by atoms with Crippen LogP contribution >= 0.6 is 0 Å². The fourth-order valence-electron chi connectivity index (χ4n) is 5.97. The van der Waals surface area contributed by atoms with Crippen LogP contribution in [0.2, 0.25) is 0 Å². The van der Waals surface area contributed by atoms with Crippen LogP contribution in [0.4, 0.5) is 0 Å². The summed E-state index contributed by atoms with van der Waals surface area (Å²) >= 11 is 0. The van der Waals surface area contributed by atoms with Gasteiger partial charge in [-0.05, 0) is 42.9 Å². The van der Waals surface area contributed by atoms with Gasteiger partial charge < -0.3 is 9.64 Å². The van der Waals surface area contributed by atoms with Crippen LogP contribution in [0.3, 0.4) is 0 Å². The summed E-state index contributed by atoms with van der Waals surface area (Å²) in [5, 5.41) is 0. The van der Waals surface area contributed by atoms with Crippen LogP contribution < -0.4 is 4.74 Å². The van der Waals surface area contributed by atoms with Crippen molar-refractivity contribution in [3.63, 3.8) is 0 Å². The lowest BCUT2D eigenvalue weighted by atomic mass is 10.00. The molecule has 38 heavy (non-hydrogen) atoms. The molecule has 0 saturated carbocycles. The Morgan fingerprint density at radius 2 is 1.79 bits per heavy atom. The smallest absolute Gasteiger partial charge is 0.273 e. The van der Waals surface area contributed by atoms with Crippen LogP contribution in [0.25, 0.3) is 17.0 Å². The number of methoxy groups -OCH3 is 1. The third-order valence-electron chi connectivity index (χ3n) is 8.00. The van der Waals surface area contributed by atoms with Gasteiger partial charge in [0.2, 0.25) is 11.7 Å². The zero-order valence-electron chi connectivity index (χ0n) is 22.5. The van der Waals surface area contributed by atoms with Crippen molar-refractivity contribution < 1.29 is 9.53 Å². The molecule has 0 radical (unpaired) electrons. The van der Waals surface area contributed by atoms with E-state index in [1.54, 1.807) is 19.4 Å². The summed E-state index contributed by atoms with van der Waals surface area (Å²) in [5.74, 6) is 1.68. The number of rotatable bonds is 6. The molecular weight excluding hydrogens is 476 g/mol. The Labute approximate surface area is 223 Å². The molecule has 8 heteroatoms. The fourth-order valence-corrected chi connectivity index (χ4v) is 5.97. The molecule has 2 saturated heterocycles. The van der Waals surface area contributed by atoms with Crippen molar-refractivity contribution in [3.05, 3.63) is 77.4 Å². The summed E-state index contributed by atoms with van der Waals surface area (Å²) in [6.07, 6.45) is 5.85. The molecule has 2 unspecified atom stereocenters. The molecule has 2 aliphatic heterocycles. The van der Waals surface area contributed by atoms with E-state index >= 15 is 0 Å². The molecule has 0 aliphatic carbocycles. The van der Waals surface area contributed by atoms with E-state index in [0.717, 1.165) is 55.0 Å². The monoisotopic (exact) mass is 510 g/mol. The summed E-state index contributed by atoms with van der Waals surface area (Å²) in [4.78, 5) is 32.1. The largest absolute Gasteiger partial charge is 0.481 e. The molecule has 6 rings (SSSR count). The summed E-state index contributed by atoms with van der Waals surface area (Å²) in [6.45, 7) is 8.75. The van der Waals surface area contributed by atoms with Crippen LogP contribution in [0.15, 0.2) is 54.9 Å². The Morgan fingerprint density at radius 1 is 1.05 bits per heavy atom. The second-order valence-corrected chi connectivity index (χ2v) is 10.8. The van der Waals surface area contributed by atoms with Gasteiger partial charge in [0.1, 0.15) is 5.69 Å². The van der Waals surface area contributed by atoms with Gasteiger partial charge in [-0.25, -0.2) is 15.0 Å². The number of aromatic nitrogens is 4. The van der Waals surface area contributed by atoms with Gasteiger partial charge in [-0.15, -0.1) is 0 Å². The van der Waals surface area contributed by atoms with Crippen molar-refractivity contribution in [1.82, 2.24) is 29.2 Å². The number of piperazine rings is 1. The van der Waals surface area contributed by atoms with Crippen LogP contribution in [-0.2, 0) is 6.54 Å². The maximum absolute atomic E-state index is 13.6. The number of ether oxygens (including phenoxy) is 1. The predicted octanol–water partition coefficient (Wildman–Crippen LogP) is 4.72. The highest BCUT2D eigenvalue weighted by atomic mass is 16.5. The average molecular weight is 511 g/mol. The van der Waals surface area contributed by atoms with Gasteiger partial charge >= 0.3 is 0 Å². The van der Waals surface area contributed by atoms with Gasteiger partial charge in [-0.3, -0.25) is 14.1 Å². The highest BCUT2D eigenvalue weighted by Crippen LogP contribution is 2.34. The summed E-state index contributed by atoms with van der Waals surface area (Å²) < 4.78 is 7.40. The van der Waals surface area contributed by atoms with E-state index in [9.17, 15) is 4.79 Å². The molecule has 4 aromatic rings. The van der Waals surface area contributed by atoms with Crippen molar-refractivity contribution in [1.29, 1.82) is 0 Å². The van der Waals surface area contributed by atoms with E-state index in [-0.39, 0.29) is 18.0 Å². The standard InChI is InChI=1S/C30H34N6O2/c1-19(2)21-7-9-22(10-8-21)28-25(35-15-5-14-31-30(35)33-28)18-34-16-23-11-12-24(17-34)36(23)29(37)27-20(3)6-13-26(32-27)38-4/h5-10,13-15,19,23-24H,11-12,16-18H2,1-4H3. The Hall–Kier alpha value is -3.78. The third kappa shape index (κ3) is 4.32. The lowest BCUT2D eigenvalue weighted by Gasteiger charge is -2.41. The number of carbonyl (C=O) groups excluding carboxylic acids is 1. The highest BCUT2D eigenvalue weighted by molar-refractivity contribution is 5.94. The van der Waals surface area contributed by atoms with E-state index < -0.39 is 0 Å². The Bertz CT molecular complexity index is 1460. The summed E-state index contributed by atoms with van der Waals surface area (Å²) in [7, 11) is 1.58. The number of amides is 1. The first-order chi connectivity index (χ1) is 18.4. The van der Waals surface area contributed by atoms with Crippen molar-refractivity contribution in [2.45, 2.75) is 58.2 Å². The summed E-state index contributed by atoms with van der Waals surface area (Å²) in [6, 6.07) is 14.7. The van der Waals surface area contributed by atoms with Crippen molar-refractivity contribution in [2.75, 3.05) is 20.2 Å². The number of nitrogens with zero attached hydrogens (tertiary/aromatic N) is 6. The van der Waals surface area contributed by atoms with Gasteiger partial charge in [0.05, 0.1) is 18.5 Å². The van der Waals surface area contributed by atoms with Crippen LogP contribution in [0.1, 0.15) is 59.9 Å². The lowest BCUT2D eigenvalue weighted by Crippen LogP contribution is -2.55. The fraction of sp³-hybridized carbons (Fsp3) is 0.400. The molecule has 2 bridgehead atoms. The molecule has 8 nitrogen and oxygen atoms in total. The Morgan fingerprint density at radius 3 is 2.47 bits per heavy atom. The minimum atomic E-state index is 0.0125. The molecule has 1 aromatic carbocycles. The number of aryl methyl sites for hydroxylation is 1. The number of hydrogen-bond acceptors (Lipinski definition) is 6. The zero-order chi connectivity index (χ0) is 26.4. The normalized spacial score (nSPS) is 19.4. The number of carbonyl (C=O) groups is 1. The van der Waals surface area contributed by atoms with Crippen LogP contribution in [0.5, 0.6) is 5.88 Å². The molecule has 0 spiro atoms. The quantitative estimate of drug-likeness (QED) is 0.374. The minimum absolute atomic E-state index is 0.0125. The molecule has 1 amide bonds. The first-order valence-electron chi connectivity index (χ1n) is 13.4. The maximum atomic E-state index is 13.6. The first kappa shape index (κ1) is 24.6. The van der Waals surface area contributed by atoms with Crippen molar-refractivity contribution in [3.8, 4) is 17.1 Å². The highest BCUT2D eigenvalue weighted by Gasteiger charge is 2.43. The van der Waals surface area contributed by atoms with Gasteiger partial charge in [0, 0.05) is 55.7 Å². The number of fused-ring (bicyclic) bond motifs is 3. The molecule has 5 heterocycles. The number of likely N-dealkylation sites (tertiary alicyclic amines) is 1. The third-order valence-corrected chi connectivity index (χ3v) is 8.00. The molecule has 0 N–H and O–H groups in total. The molecule has 2 aliphatic rings. The van der Waals surface area contributed by atoms with Crippen molar-refractivity contribution >= 4 is 11.7 Å². The Balaban J connectivity index is 1.27. The summed E-state index contributed by atoms with van der Waals surface area (Å²) in [5.41, 5.74) is 5.90. The van der Waals surface area contributed by atoms with E-state index in [1.807, 2.05) is 25.3 Å². The number of pyridine rings is 1.